The molecule has 1 aromatic carbocycles. The lowest BCUT2D eigenvalue weighted by Gasteiger charge is -2.14. The van der Waals surface area contributed by atoms with Gasteiger partial charge in [-0.1, -0.05) is 23.7 Å². The Balaban J connectivity index is 2.02. The summed E-state index contributed by atoms with van der Waals surface area (Å²) in [5.41, 5.74) is 0. The average molecular weight is 344 g/mol. The van der Waals surface area contributed by atoms with Gasteiger partial charge < -0.3 is 14.8 Å². The fourth-order valence-electron chi connectivity index (χ4n) is 2.01. The molecule has 0 amide bonds. The predicted molar refractivity (Wildman–Crippen MR) is 90.7 cm³/mol. The van der Waals surface area contributed by atoms with Gasteiger partial charge in [0.25, 0.3) is 0 Å². The first-order valence-corrected chi connectivity index (χ1v) is 7.44. The first kappa shape index (κ1) is 15.9. The summed E-state index contributed by atoms with van der Waals surface area (Å²) in [5, 5.41) is 3.09. The van der Waals surface area contributed by atoms with E-state index in [1.807, 2.05) is 12.1 Å². The maximum absolute atomic E-state index is 6.30. The number of halogens is 1. The quantitative estimate of drug-likeness (QED) is 0.710. The summed E-state index contributed by atoms with van der Waals surface area (Å²) in [6, 6.07) is 8.94. The van der Waals surface area contributed by atoms with Crippen LogP contribution in [-0.4, -0.2) is 34.1 Å². The third kappa shape index (κ3) is 3.21. The monoisotopic (exact) mass is 343 g/mol. The average Bonchev–Trinajstić information content (AvgIpc) is 2.64. The molecule has 8 heteroatoms. The van der Waals surface area contributed by atoms with Gasteiger partial charge in [0.2, 0.25) is 11.6 Å². The van der Waals surface area contributed by atoms with Gasteiger partial charge in [-0.3, -0.25) is 0 Å². The van der Waals surface area contributed by atoms with Crippen LogP contribution in [0.15, 0.2) is 42.7 Å². The van der Waals surface area contributed by atoms with E-state index in [4.69, 9.17) is 21.1 Å². The number of methoxy groups -OCH3 is 1. The van der Waals surface area contributed by atoms with E-state index >= 15 is 0 Å². The smallest absolute Gasteiger partial charge is 0.207 e. The highest BCUT2D eigenvalue weighted by molar-refractivity contribution is 6.31. The van der Waals surface area contributed by atoms with Gasteiger partial charge >= 0.3 is 0 Å². The van der Waals surface area contributed by atoms with Gasteiger partial charge in [0.05, 0.1) is 7.11 Å². The van der Waals surface area contributed by atoms with Gasteiger partial charge in [-0.2, -0.15) is 0 Å². The summed E-state index contributed by atoms with van der Waals surface area (Å²) in [7, 11) is 3.28. The minimum atomic E-state index is 0.141. The Kier molecular flexibility index (Phi) is 4.72. The summed E-state index contributed by atoms with van der Waals surface area (Å²) in [6.07, 6.45) is 3.22. The second-order valence-corrected chi connectivity index (χ2v) is 4.95. The highest BCUT2D eigenvalue weighted by Crippen LogP contribution is 2.38. The van der Waals surface area contributed by atoms with E-state index in [9.17, 15) is 0 Å². The molecule has 0 unspecified atom stereocenters. The molecule has 2 heterocycles. The summed E-state index contributed by atoms with van der Waals surface area (Å²) < 4.78 is 11.1. The van der Waals surface area contributed by atoms with Gasteiger partial charge in [-0.25, -0.2) is 19.9 Å². The van der Waals surface area contributed by atoms with Crippen LogP contribution in [0.2, 0.25) is 5.15 Å². The van der Waals surface area contributed by atoms with Crippen molar-refractivity contribution in [1.29, 1.82) is 0 Å². The van der Waals surface area contributed by atoms with Gasteiger partial charge in [0.15, 0.2) is 28.3 Å². The molecule has 3 aromatic rings. The largest absolute Gasteiger partial charge is 0.493 e. The molecular formula is C16H14ClN5O2. The molecule has 1 N–H and O–H groups in total. The molecule has 0 atom stereocenters. The zero-order valence-corrected chi connectivity index (χ0v) is 13.8. The molecule has 0 saturated heterocycles. The molecule has 0 bridgehead atoms. The number of rotatable bonds is 5. The summed E-state index contributed by atoms with van der Waals surface area (Å²) in [4.78, 5) is 16.8. The number of benzene rings is 1. The number of nitrogens with one attached hydrogen (secondary N) is 1. The molecule has 0 radical (unpaired) electrons. The van der Waals surface area contributed by atoms with E-state index in [0.29, 0.717) is 34.7 Å². The number of nitrogens with zero attached hydrogens (tertiary/aromatic N) is 4. The number of anilines is 1. The Hall–Kier alpha value is -2.93. The van der Waals surface area contributed by atoms with Crippen molar-refractivity contribution in [2.24, 2.45) is 0 Å². The van der Waals surface area contributed by atoms with Crippen LogP contribution in [0, 0.1) is 0 Å². The third-order valence-corrected chi connectivity index (χ3v) is 3.36. The second-order valence-electron chi connectivity index (χ2n) is 4.59. The molecule has 0 aliphatic rings. The number of ether oxygens (including phenoxy) is 2. The van der Waals surface area contributed by atoms with Crippen LogP contribution >= 0.6 is 11.6 Å². The van der Waals surface area contributed by atoms with Crippen LogP contribution in [0.4, 0.5) is 5.82 Å². The van der Waals surface area contributed by atoms with E-state index in [0.717, 1.165) is 0 Å². The van der Waals surface area contributed by atoms with Gasteiger partial charge in [-0.15, -0.1) is 0 Å². The first-order chi connectivity index (χ1) is 11.7. The van der Waals surface area contributed by atoms with Crippen LogP contribution in [0.3, 0.4) is 0 Å². The molecule has 0 aliphatic carbocycles. The van der Waals surface area contributed by atoms with Crippen LogP contribution in [-0.2, 0) is 0 Å². The van der Waals surface area contributed by atoms with Gasteiger partial charge in [0, 0.05) is 19.4 Å². The lowest BCUT2D eigenvalue weighted by Crippen LogP contribution is -2.03. The molecule has 0 saturated carbocycles. The predicted octanol–water partition coefficient (Wildman–Crippen LogP) is 3.43. The van der Waals surface area contributed by atoms with Crippen molar-refractivity contribution in [3.63, 3.8) is 0 Å². The van der Waals surface area contributed by atoms with Gasteiger partial charge in [-0.05, 0) is 18.2 Å². The van der Waals surface area contributed by atoms with Crippen LogP contribution in [0.5, 0.6) is 17.2 Å². The fourth-order valence-corrected chi connectivity index (χ4v) is 2.22. The standard InChI is InChI=1S/C16H14ClN5O2/c1-18-14-12(24-11-7-4-3-6-10(11)23-2)13(17)21-16(22-14)15-19-8-5-9-20-15/h3-9H,1-2H3,(H,18,21,22). The van der Waals surface area contributed by atoms with Crippen LogP contribution in [0.25, 0.3) is 11.6 Å². The topological polar surface area (TPSA) is 82.1 Å². The van der Waals surface area contributed by atoms with E-state index in [-0.39, 0.29) is 5.15 Å². The number of aromatic nitrogens is 4. The van der Waals surface area contributed by atoms with Crippen molar-refractivity contribution in [3.8, 4) is 28.9 Å². The molecule has 2 aromatic heterocycles. The summed E-state index contributed by atoms with van der Waals surface area (Å²) >= 11 is 6.30. The highest BCUT2D eigenvalue weighted by Gasteiger charge is 2.18. The molecule has 24 heavy (non-hydrogen) atoms. The Morgan fingerprint density at radius 3 is 2.33 bits per heavy atom. The second kappa shape index (κ2) is 7.10. The lowest BCUT2D eigenvalue weighted by molar-refractivity contribution is 0.378. The minimum Gasteiger partial charge on any atom is -0.493 e. The summed E-state index contributed by atoms with van der Waals surface area (Å²) in [5.74, 6) is 2.47. The molecule has 0 spiro atoms. The van der Waals surface area contributed by atoms with Crippen molar-refractivity contribution >= 4 is 17.4 Å². The zero-order valence-electron chi connectivity index (χ0n) is 13.0. The Morgan fingerprint density at radius 2 is 1.67 bits per heavy atom. The van der Waals surface area contributed by atoms with Crippen molar-refractivity contribution in [1.82, 2.24) is 19.9 Å². The fraction of sp³-hybridized carbons (Fsp3) is 0.125. The molecule has 0 aliphatic heterocycles. The Labute approximate surface area is 143 Å². The highest BCUT2D eigenvalue weighted by atomic mass is 35.5. The zero-order chi connectivity index (χ0) is 16.9. The maximum atomic E-state index is 6.30. The summed E-state index contributed by atoms with van der Waals surface area (Å²) in [6.45, 7) is 0. The molecule has 0 fully saturated rings. The van der Waals surface area contributed by atoms with Crippen molar-refractivity contribution in [2.75, 3.05) is 19.5 Å². The minimum absolute atomic E-state index is 0.141. The normalized spacial score (nSPS) is 10.3. The number of hydrogen-bond donors (Lipinski definition) is 1. The number of para-hydroxylation sites is 2. The van der Waals surface area contributed by atoms with Crippen LogP contribution in [0.1, 0.15) is 0 Å². The molecule has 3 rings (SSSR count). The van der Waals surface area contributed by atoms with E-state index in [2.05, 4.69) is 25.3 Å². The van der Waals surface area contributed by atoms with Crippen molar-refractivity contribution < 1.29 is 9.47 Å². The lowest BCUT2D eigenvalue weighted by atomic mass is 10.3. The Bertz CT molecular complexity index is 845. The van der Waals surface area contributed by atoms with E-state index < -0.39 is 0 Å². The van der Waals surface area contributed by atoms with Crippen molar-refractivity contribution in [2.45, 2.75) is 0 Å². The third-order valence-electron chi connectivity index (χ3n) is 3.11. The molecule has 122 valence electrons. The Morgan fingerprint density at radius 1 is 0.958 bits per heavy atom. The van der Waals surface area contributed by atoms with Crippen molar-refractivity contribution in [3.05, 3.63) is 47.9 Å². The van der Waals surface area contributed by atoms with Gasteiger partial charge in [0.1, 0.15) is 0 Å². The van der Waals surface area contributed by atoms with E-state index in [1.165, 1.54) is 0 Å². The molecule has 7 nitrogen and oxygen atoms in total. The maximum Gasteiger partial charge on any atom is 0.207 e. The number of hydrogen-bond acceptors (Lipinski definition) is 7. The van der Waals surface area contributed by atoms with E-state index in [1.54, 1.807) is 44.8 Å². The first-order valence-electron chi connectivity index (χ1n) is 7.06. The SMILES string of the molecule is CNc1nc(-c2ncccn2)nc(Cl)c1Oc1ccccc1OC. The molecular weight excluding hydrogens is 330 g/mol. The van der Waals surface area contributed by atoms with Crippen LogP contribution < -0.4 is 14.8 Å².